The van der Waals surface area contributed by atoms with Crippen LogP contribution in [0.1, 0.15) is 16.5 Å². The van der Waals surface area contributed by atoms with Gasteiger partial charge in [0.25, 0.3) is 0 Å². The molecule has 90 valence electrons. The maximum absolute atomic E-state index is 14.0. The molecule has 1 aromatic carbocycles. The molecule has 0 radical (unpaired) electrons. The molecule has 0 aliphatic rings. The van der Waals surface area contributed by atoms with Gasteiger partial charge in [-0.3, -0.25) is 5.84 Å². The van der Waals surface area contributed by atoms with E-state index in [1.54, 1.807) is 24.4 Å². The Morgan fingerprint density at radius 2 is 2.35 bits per heavy atom. The van der Waals surface area contributed by atoms with E-state index in [0.29, 0.717) is 5.56 Å². The van der Waals surface area contributed by atoms with E-state index in [0.717, 1.165) is 16.4 Å². The third-order valence-electron chi connectivity index (χ3n) is 2.35. The molecule has 2 rings (SSSR count). The molecular weight excluding hydrogens is 243 g/mol. The first-order valence-electron chi connectivity index (χ1n) is 4.83. The van der Waals surface area contributed by atoms with Gasteiger partial charge in [-0.15, -0.1) is 5.10 Å². The van der Waals surface area contributed by atoms with Gasteiger partial charge in [-0.25, -0.2) is 9.82 Å². The predicted octanol–water partition coefficient (Wildman–Crippen LogP) is 1.24. The highest BCUT2D eigenvalue weighted by Crippen LogP contribution is 2.29. The van der Waals surface area contributed by atoms with Gasteiger partial charge in [0.1, 0.15) is 0 Å². The summed E-state index contributed by atoms with van der Waals surface area (Å²) >= 11 is 1.16. The van der Waals surface area contributed by atoms with Crippen molar-refractivity contribution in [2.24, 2.45) is 5.84 Å². The van der Waals surface area contributed by atoms with Crippen molar-refractivity contribution in [2.75, 3.05) is 7.11 Å². The van der Waals surface area contributed by atoms with Crippen molar-refractivity contribution >= 4 is 11.5 Å². The zero-order chi connectivity index (χ0) is 12.3. The van der Waals surface area contributed by atoms with Crippen molar-refractivity contribution in [3.8, 4) is 5.75 Å². The molecular formula is C10H11FN4OS. The van der Waals surface area contributed by atoms with Gasteiger partial charge in [0.2, 0.25) is 0 Å². The minimum Gasteiger partial charge on any atom is -0.494 e. The molecule has 0 aliphatic heterocycles. The number of halogens is 1. The monoisotopic (exact) mass is 254 g/mol. The maximum Gasteiger partial charge on any atom is 0.170 e. The SMILES string of the molecule is COc1cccc(C(NN)c2cnns2)c1F. The summed E-state index contributed by atoms with van der Waals surface area (Å²) in [5.74, 6) is 5.19. The average molecular weight is 254 g/mol. The number of hydrazine groups is 1. The highest BCUT2D eigenvalue weighted by atomic mass is 32.1. The van der Waals surface area contributed by atoms with E-state index in [9.17, 15) is 4.39 Å². The van der Waals surface area contributed by atoms with Crippen molar-refractivity contribution in [3.63, 3.8) is 0 Å². The fraction of sp³-hybridized carbons (Fsp3) is 0.200. The van der Waals surface area contributed by atoms with Crippen molar-refractivity contribution < 1.29 is 9.13 Å². The Morgan fingerprint density at radius 1 is 1.53 bits per heavy atom. The quantitative estimate of drug-likeness (QED) is 0.634. The van der Waals surface area contributed by atoms with E-state index in [2.05, 4.69) is 15.0 Å². The van der Waals surface area contributed by atoms with Crippen LogP contribution in [-0.4, -0.2) is 16.7 Å². The van der Waals surface area contributed by atoms with Crippen LogP contribution in [0.3, 0.4) is 0 Å². The van der Waals surface area contributed by atoms with Gasteiger partial charge in [-0.1, -0.05) is 16.6 Å². The molecule has 3 N–H and O–H groups in total. The zero-order valence-corrected chi connectivity index (χ0v) is 9.87. The van der Waals surface area contributed by atoms with E-state index in [-0.39, 0.29) is 5.75 Å². The molecule has 1 atom stereocenters. The molecule has 0 saturated carbocycles. The van der Waals surface area contributed by atoms with Crippen LogP contribution in [0.25, 0.3) is 0 Å². The molecule has 5 nitrogen and oxygen atoms in total. The number of nitrogens with zero attached hydrogens (tertiary/aromatic N) is 2. The number of hydrogen-bond acceptors (Lipinski definition) is 6. The third-order valence-corrected chi connectivity index (χ3v) is 3.08. The van der Waals surface area contributed by atoms with Gasteiger partial charge in [-0.05, 0) is 17.6 Å². The fourth-order valence-corrected chi connectivity index (χ4v) is 2.12. The number of nitrogens with two attached hydrogens (primary N) is 1. The molecule has 0 bridgehead atoms. The van der Waals surface area contributed by atoms with Crippen LogP contribution in [0, 0.1) is 5.82 Å². The highest BCUT2D eigenvalue weighted by Gasteiger charge is 2.20. The molecule has 0 amide bonds. The van der Waals surface area contributed by atoms with Crippen LogP contribution in [-0.2, 0) is 0 Å². The Kier molecular flexibility index (Phi) is 3.62. The first kappa shape index (κ1) is 11.9. The van der Waals surface area contributed by atoms with Gasteiger partial charge in [0.05, 0.1) is 24.2 Å². The van der Waals surface area contributed by atoms with E-state index >= 15 is 0 Å². The van der Waals surface area contributed by atoms with Crippen LogP contribution < -0.4 is 16.0 Å². The number of rotatable bonds is 4. The molecule has 0 fully saturated rings. The minimum atomic E-state index is -0.481. The molecule has 2 aromatic rings. The Hall–Kier alpha value is -1.57. The van der Waals surface area contributed by atoms with Crippen molar-refractivity contribution in [1.82, 2.24) is 15.0 Å². The Bertz CT molecular complexity index is 491. The summed E-state index contributed by atoms with van der Waals surface area (Å²) in [6.45, 7) is 0. The second-order valence-electron chi connectivity index (χ2n) is 3.28. The second kappa shape index (κ2) is 5.17. The smallest absolute Gasteiger partial charge is 0.170 e. The lowest BCUT2D eigenvalue weighted by molar-refractivity contribution is 0.382. The summed E-state index contributed by atoms with van der Waals surface area (Å²) in [7, 11) is 1.42. The van der Waals surface area contributed by atoms with Crippen LogP contribution in [0.2, 0.25) is 0 Å². The molecule has 7 heteroatoms. The third kappa shape index (κ3) is 2.26. The van der Waals surface area contributed by atoms with Crippen molar-refractivity contribution in [1.29, 1.82) is 0 Å². The number of aromatic nitrogens is 2. The van der Waals surface area contributed by atoms with Crippen LogP contribution in [0.4, 0.5) is 4.39 Å². The predicted molar refractivity (Wildman–Crippen MR) is 62.0 cm³/mol. The number of benzene rings is 1. The molecule has 0 aliphatic carbocycles. The number of ether oxygens (including phenoxy) is 1. The van der Waals surface area contributed by atoms with Crippen molar-refractivity contribution in [2.45, 2.75) is 6.04 Å². The number of nitrogens with one attached hydrogen (secondary N) is 1. The van der Waals surface area contributed by atoms with Gasteiger partial charge < -0.3 is 4.74 Å². The number of methoxy groups -OCH3 is 1. The van der Waals surface area contributed by atoms with Gasteiger partial charge in [0, 0.05) is 5.56 Å². The fourth-order valence-electron chi connectivity index (χ4n) is 1.54. The first-order valence-corrected chi connectivity index (χ1v) is 5.61. The molecule has 17 heavy (non-hydrogen) atoms. The van der Waals surface area contributed by atoms with E-state index < -0.39 is 11.9 Å². The molecule has 1 aromatic heterocycles. The Morgan fingerprint density at radius 3 is 2.94 bits per heavy atom. The zero-order valence-electron chi connectivity index (χ0n) is 9.05. The lowest BCUT2D eigenvalue weighted by Gasteiger charge is -2.15. The standard InChI is InChI=1S/C10H11FN4OS/c1-16-7-4-2-3-6(9(7)11)10(14-12)8-5-13-15-17-8/h2-5,10,14H,12H2,1H3. The van der Waals surface area contributed by atoms with Crippen LogP contribution in [0.5, 0.6) is 5.75 Å². The molecule has 1 heterocycles. The second-order valence-corrected chi connectivity index (χ2v) is 4.10. The Labute approximate surface area is 102 Å². The first-order chi connectivity index (χ1) is 8.27. The minimum absolute atomic E-state index is 0.181. The maximum atomic E-state index is 14.0. The van der Waals surface area contributed by atoms with E-state index in [4.69, 9.17) is 10.6 Å². The van der Waals surface area contributed by atoms with Crippen LogP contribution >= 0.6 is 11.5 Å². The van der Waals surface area contributed by atoms with E-state index in [1.165, 1.54) is 7.11 Å². The number of hydrogen-bond donors (Lipinski definition) is 2. The van der Waals surface area contributed by atoms with E-state index in [1.807, 2.05) is 0 Å². The summed E-state index contributed by atoms with van der Waals surface area (Å²) in [6, 6.07) is 4.42. The summed E-state index contributed by atoms with van der Waals surface area (Å²) in [6.07, 6.45) is 1.55. The lowest BCUT2D eigenvalue weighted by atomic mass is 10.1. The Balaban J connectivity index is 2.44. The van der Waals surface area contributed by atoms with Gasteiger partial charge >= 0.3 is 0 Å². The normalized spacial score (nSPS) is 12.4. The summed E-state index contributed by atoms with van der Waals surface area (Å²) in [5, 5.41) is 3.71. The molecule has 1 unspecified atom stereocenters. The molecule has 0 spiro atoms. The summed E-state index contributed by atoms with van der Waals surface area (Å²) < 4.78 is 22.7. The average Bonchev–Trinajstić information content (AvgIpc) is 2.86. The van der Waals surface area contributed by atoms with Gasteiger partial charge in [-0.2, -0.15) is 0 Å². The highest BCUT2D eigenvalue weighted by molar-refractivity contribution is 7.05. The largest absolute Gasteiger partial charge is 0.494 e. The lowest BCUT2D eigenvalue weighted by Crippen LogP contribution is -2.29. The summed E-state index contributed by atoms with van der Waals surface area (Å²) in [4.78, 5) is 0.736. The summed E-state index contributed by atoms with van der Waals surface area (Å²) in [5.41, 5.74) is 2.95. The van der Waals surface area contributed by atoms with Crippen LogP contribution in [0.15, 0.2) is 24.4 Å². The van der Waals surface area contributed by atoms with Gasteiger partial charge in [0.15, 0.2) is 11.6 Å². The molecule has 0 saturated heterocycles. The van der Waals surface area contributed by atoms with Crippen molar-refractivity contribution in [3.05, 3.63) is 40.7 Å². The topological polar surface area (TPSA) is 73.1 Å².